The van der Waals surface area contributed by atoms with Crippen molar-refractivity contribution in [2.75, 3.05) is 5.43 Å². The molecule has 0 aliphatic carbocycles. The van der Waals surface area contributed by atoms with Gasteiger partial charge in [-0.05, 0) is 46.1 Å². The Morgan fingerprint density at radius 1 is 1.28 bits per heavy atom. The van der Waals surface area contributed by atoms with Gasteiger partial charge < -0.3 is 5.11 Å². The Balaban J connectivity index is 2.75. The molecule has 0 spiro atoms. The maximum atomic E-state index is 11.0. The molecule has 2 N–H and O–H groups in total. The summed E-state index contributed by atoms with van der Waals surface area (Å²) in [6, 6.07) is 3.23. The SMILES string of the molecule is C/C(CCCC(C)(C)C(=O)O)=N\Nc1ccc([N+](=O)[O-])cc1[N+](=O)[O-]. The van der Waals surface area contributed by atoms with Gasteiger partial charge in [-0.25, -0.2) is 0 Å². The summed E-state index contributed by atoms with van der Waals surface area (Å²) >= 11 is 0. The third kappa shape index (κ3) is 5.83. The van der Waals surface area contributed by atoms with Crippen molar-refractivity contribution in [3.05, 3.63) is 38.4 Å². The number of carboxylic acid groups (broad SMARTS) is 1. The van der Waals surface area contributed by atoms with Crippen LogP contribution in [0.25, 0.3) is 0 Å². The molecule has 0 saturated carbocycles. The van der Waals surface area contributed by atoms with E-state index < -0.39 is 26.9 Å². The normalized spacial score (nSPS) is 11.9. The van der Waals surface area contributed by atoms with Crippen molar-refractivity contribution in [2.45, 2.75) is 40.0 Å². The van der Waals surface area contributed by atoms with E-state index in [9.17, 15) is 25.0 Å². The van der Waals surface area contributed by atoms with Crippen LogP contribution in [0.2, 0.25) is 0 Å². The molecule has 0 amide bonds. The van der Waals surface area contributed by atoms with E-state index in [2.05, 4.69) is 10.5 Å². The molecule has 0 saturated heterocycles. The molecule has 0 aromatic heterocycles. The maximum absolute atomic E-state index is 11.0. The molecular formula is C15H20N4O6. The van der Waals surface area contributed by atoms with Crippen molar-refractivity contribution in [3.63, 3.8) is 0 Å². The van der Waals surface area contributed by atoms with Crippen molar-refractivity contribution in [3.8, 4) is 0 Å². The largest absolute Gasteiger partial charge is 0.481 e. The van der Waals surface area contributed by atoms with E-state index in [1.54, 1.807) is 20.8 Å². The monoisotopic (exact) mass is 352 g/mol. The van der Waals surface area contributed by atoms with Gasteiger partial charge in [0.2, 0.25) is 0 Å². The Bertz CT molecular complexity index is 714. The van der Waals surface area contributed by atoms with Crippen LogP contribution in [0, 0.1) is 25.6 Å². The predicted molar refractivity (Wildman–Crippen MR) is 91.8 cm³/mol. The molecule has 0 heterocycles. The van der Waals surface area contributed by atoms with Gasteiger partial charge in [0.15, 0.2) is 0 Å². The first-order chi connectivity index (χ1) is 11.5. The molecule has 1 aromatic carbocycles. The summed E-state index contributed by atoms with van der Waals surface area (Å²) in [5.41, 5.74) is 1.56. The molecule has 0 unspecified atom stereocenters. The minimum absolute atomic E-state index is 0.0424. The van der Waals surface area contributed by atoms with Crippen molar-refractivity contribution in [2.24, 2.45) is 10.5 Å². The van der Waals surface area contributed by atoms with Gasteiger partial charge in [-0.15, -0.1) is 0 Å². The average molecular weight is 352 g/mol. The van der Waals surface area contributed by atoms with Crippen LogP contribution >= 0.6 is 0 Å². The van der Waals surface area contributed by atoms with E-state index in [1.807, 2.05) is 0 Å². The fourth-order valence-corrected chi connectivity index (χ4v) is 1.98. The van der Waals surface area contributed by atoms with E-state index in [0.29, 0.717) is 25.0 Å². The molecule has 0 aliphatic rings. The number of aliphatic carboxylic acids is 1. The standard InChI is InChI=1S/C15H20N4O6/c1-10(5-4-8-15(2,3)14(20)21)16-17-12-7-6-11(18(22)23)9-13(12)19(24)25/h6-7,9,17H,4-5,8H2,1-3H3,(H,20,21)/b16-10+. The zero-order chi connectivity index (χ0) is 19.2. The Hall–Kier alpha value is -3.04. The highest BCUT2D eigenvalue weighted by Crippen LogP contribution is 2.29. The quantitative estimate of drug-likeness (QED) is 0.392. The van der Waals surface area contributed by atoms with Gasteiger partial charge in [0.05, 0.1) is 21.3 Å². The summed E-state index contributed by atoms with van der Waals surface area (Å²) in [6.45, 7) is 4.98. The van der Waals surface area contributed by atoms with Crippen LogP contribution in [0.15, 0.2) is 23.3 Å². The molecule has 10 heteroatoms. The highest BCUT2D eigenvalue weighted by molar-refractivity contribution is 5.83. The van der Waals surface area contributed by atoms with Gasteiger partial charge in [-0.1, -0.05) is 0 Å². The minimum atomic E-state index is -0.873. The van der Waals surface area contributed by atoms with E-state index in [4.69, 9.17) is 5.11 Å². The molecule has 1 rings (SSSR count). The van der Waals surface area contributed by atoms with Gasteiger partial charge in [0.1, 0.15) is 5.69 Å². The smallest absolute Gasteiger partial charge is 0.309 e. The Kier molecular flexibility index (Phi) is 6.54. The summed E-state index contributed by atoms with van der Waals surface area (Å²) in [5.74, 6) is -0.873. The van der Waals surface area contributed by atoms with Crippen molar-refractivity contribution in [1.82, 2.24) is 0 Å². The third-order valence-corrected chi connectivity index (χ3v) is 3.68. The summed E-state index contributed by atoms with van der Waals surface area (Å²) in [5, 5.41) is 34.8. The number of nitro benzene ring substituents is 2. The molecule has 0 bridgehead atoms. The summed E-state index contributed by atoms with van der Waals surface area (Å²) in [4.78, 5) is 31.3. The fourth-order valence-electron chi connectivity index (χ4n) is 1.98. The number of carbonyl (C=O) groups is 1. The Labute approximate surface area is 143 Å². The second-order valence-corrected chi connectivity index (χ2v) is 6.22. The van der Waals surface area contributed by atoms with Crippen molar-refractivity contribution < 1.29 is 19.7 Å². The summed E-state index contributed by atoms with van der Waals surface area (Å²) in [7, 11) is 0. The zero-order valence-electron chi connectivity index (χ0n) is 14.2. The number of carboxylic acids is 1. The van der Waals surface area contributed by atoms with E-state index in [-0.39, 0.29) is 11.4 Å². The number of nitrogens with zero attached hydrogens (tertiary/aromatic N) is 3. The van der Waals surface area contributed by atoms with Gasteiger partial charge in [0, 0.05) is 11.8 Å². The third-order valence-electron chi connectivity index (χ3n) is 3.68. The number of hydrogen-bond donors (Lipinski definition) is 2. The first-order valence-corrected chi connectivity index (χ1v) is 7.50. The molecule has 0 aliphatic heterocycles. The lowest BCUT2D eigenvalue weighted by molar-refractivity contribution is -0.393. The topological polar surface area (TPSA) is 148 Å². The first kappa shape index (κ1) is 20.0. The zero-order valence-corrected chi connectivity index (χ0v) is 14.2. The van der Waals surface area contributed by atoms with Crippen LogP contribution in [0.5, 0.6) is 0 Å². The fraction of sp³-hybridized carbons (Fsp3) is 0.467. The van der Waals surface area contributed by atoms with Gasteiger partial charge >= 0.3 is 11.7 Å². The lowest BCUT2D eigenvalue weighted by Gasteiger charge is -2.18. The lowest BCUT2D eigenvalue weighted by Crippen LogP contribution is -2.23. The summed E-state index contributed by atoms with van der Waals surface area (Å²) in [6.07, 6.45) is 1.58. The molecular weight excluding hydrogens is 332 g/mol. The van der Waals surface area contributed by atoms with Crippen LogP contribution in [0.4, 0.5) is 17.1 Å². The second kappa shape index (κ2) is 8.18. The first-order valence-electron chi connectivity index (χ1n) is 7.50. The van der Waals surface area contributed by atoms with Crippen LogP contribution in [-0.2, 0) is 4.79 Å². The predicted octanol–water partition coefficient (Wildman–Crippen LogP) is 3.57. The summed E-state index contributed by atoms with van der Waals surface area (Å²) < 4.78 is 0. The van der Waals surface area contributed by atoms with Gasteiger partial charge in [0.25, 0.3) is 5.69 Å². The van der Waals surface area contributed by atoms with E-state index in [0.717, 1.165) is 12.1 Å². The highest BCUT2D eigenvalue weighted by atomic mass is 16.6. The number of nitro groups is 2. The number of nitrogens with one attached hydrogen (secondary N) is 1. The van der Waals surface area contributed by atoms with Crippen LogP contribution < -0.4 is 5.43 Å². The lowest BCUT2D eigenvalue weighted by atomic mass is 9.87. The number of benzene rings is 1. The second-order valence-electron chi connectivity index (χ2n) is 6.22. The molecule has 136 valence electrons. The molecule has 10 nitrogen and oxygen atoms in total. The molecule has 0 atom stereocenters. The Morgan fingerprint density at radius 2 is 1.92 bits per heavy atom. The van der Waals surface area contributed by atoms with Crippen molar-refractivity contribution >= 4 is 28.7 Å². The van der Waals surface area contributed by atoms with Gasteiger partial charge in [-0.2, -0.15) is 5.10 Å². The van der Waals surface area contributed by atoms with Crippen LogP contribution in [0.1, 0.15) is 40.0 Å². The van der Waals surface area contributed by atoms with Crippen LogP contribution in [0.3, 0.4) is 0 Å². The minimum Gasteiger partial charge on any atom is -0.481 e. The Morgan fingerprint density at radius 3 is 2.44 bits per heavy atom. The average Bonchev–Trinajstić information content (AvgIpc) is 2.52. The van der Waals surface area contributed by atoms with Crippen molar-refractivity contribution in [1.29, 1.82) is 0 Å². The maximum Gasteiger partial charge on any atom is 0.309 e. The van der Waals surface area contributed by atoms with Crippen LogP contribution in [-0.4, -0.2) is 26.6 Å². The number of anilines is 1. The molecule has 0 radical (unpaired) electrons. The number of hydrazone groups is 1. The molecule has 25 heavy (non-hydrogen) atoms. The molecule has 1 aromatic rings. The highest BCUT2D eigenvalue weighted by Gasteiger charge is 2.26. The van der Waals surface area contributed by atoms with E-state index in [1.165, 1.54) is 6.07 Å². The van der Waals surface area contributed by atoms with E-state index >= 15 is 0 Å². The number of hydrogen-bond acceptors (Lipinski definition) is 7. The van der Waals surface area contributed by atoms with Gasteiger partial charge in [-0.3, -0.25) is 30.4 Å². The molecule has 0 fully saturated rings. The number of rotatable bonds is 9. The number of non-ortho nitro benzene ring substituents is 1.